The van der Waals surface area contributed by atoms with Crippen LogP contribution in [0.1, 0.15) is 41.9 Å². The summed E-state index contributed by atoms with van der Waals surface area (Å²) in [6.07, 6.45) is 2.11. The van der Waals surface area contributed by atoms with Crippen molar-refractivity contribution in [3.63, 3.8) is 0 Å². The van der Waals surface area contributed by atoms with Crippen LogP contribution in [-0.2, 0) is 4.79 Å². The summed E-state index contributed by atoms with van der Waals surface area (Å²) in [7, 11) is 0. The van der Waals surface area contributed by atoms with Crippen molar-refractivity contribution in [2.24, 2.45) is 0 Å². The Morgan fingerprint density at radius 2 is 2.31 bits per heavy atom. The van der Waals surface area contributed by atoms with Crippen LogP contribution < -0.4 is 5.32 Å². The van der Waals surface area contributed by atoms with Gasteiger partial charge in [0, 0.05) is 12.0 Å². The first-order chi connectivity index (χ1) is 7.58. The van der Waals surface area contributed by atoms with Crippen LogP contribution in [0.5, 0.6) is 0 Å². The van der Waals surface area contributed by atoms with Crippen molar-refractivity contribution in [1.82, 2.24) is 10.5 Å². The maximum absolute atomic E-state index is 11.5. The molecule has 2 rings (SSSR count). The number of carbonyl (C=O) groups excluding carboxylic acids is 1. The summed E-state index contributed by atoms with van der Waals surface area (Å²) in [5.74, 6) is -0.524. The van der Waals surface area contributed by atoms with Gasteiger partial charge in [-0.15, -0.1) is 0 Å². The van der Waals surface area contributed by atoms with E-state index in [1.54, 1.807) is 6.07 Å². The van der Waals surface area contributed by atoms with Crippen molar-refractivity contribution in [2.75, 3.05) is 0 Å². The first kappa shape index (κ1) is 10.7. The molecule has 0 aliphatic heterocycles. The zero-order chi connectivity index (χ0) is 11.7. The minimum atomic E-state index is -1.08. The summed E-state index contributed by atoms with van der Waals surface area (Å²) >= 11 is 0. The third-order valence-corrected chi connectivity index (χ3v) is 2.46. The fourth-order valence-corrected chi connectivity index (χ4v) is 1.29. The Hall–Kier alpha value is -1.85. The van der Waals surface area contributed by atoms with Crippen LogP contribution in [0.3, 0.4) is 0 Å². The zero-order valence-corrected chi connectivity index (χ0v) is 8.77. The maximum Gasteiger partial charge on any atom is 0.325 e. The second-order valence-electron chi connectivity index (χ2n) is 3.92. The van der Waals surface area contributed by atoms with Gasteiger partial charge in [-0.3, -0.25) is 9.59 Å². The summed E-state index contributed by atoms with van der Waals surface area (Å²) < 4.78 is 4.99. The number of aromatic nitrogens is 1. The van der Waals surface area contributed by atoms with E-state index < -0.39 is 17.9 Å². The highest BCUT2D eigenvalue weighted by Gasteiger charge is 2.29. The zero-order valence-electron chi connectivity index (χ0n) is 8.77. The van der Waals surface area contributed by atoms with Crippen molar-refractivity contribution < 1.29 is 19.2 Å². The smallest absolute Gasteiger partial charge is 0.325 e. The Kier molecular flexibility index (Phi) is 2.64. The monoisotopic (exact) mass is 224 g/mol. The topological polar surface area (TPSA) is 92.4 Å². The molecule has 1 amide bonds. The van der Waals surface area contributed by atoms with E-state index in [9.17, 15) is 9.59 Å². The second-order valence-corrected chi connectivity index (χ2v) is 3.92. The molecule has 6 nitrogen and oxygen atoms in total. The summed E-state index contributed by atoms with van der Waals surface area (Å²) in [5.41, 5.74) is 0.134. The molecule has 1 heterocycles. The average Bonchev–Trinajstić information content (AvgIpc) is 2.96. The Balaban J connectivity index is 1.99. The third kappa shape index (κ3) is 2.21. The number of carboxylic acids is 1. The minimum Gasteiger partial charge on any atom is -0.480 e. The molecule has 1 saturated carbocycles. The quantitative estimate of drug-likeness (QED) is 0.787. The lowest BCUT2D eigenvalue weighted by atomic mass is 10.2. The van der Waals surface area contributed by atoms with E-state index in [4.69, 9.17) is 9.63 Å². The summed E-state index contributed by atoms with van der Waals surface area (Å²) in [6.45, 7) is 1.39. The lowest BCUT2D eigenvalue weighted by molar-refractivity contribution is -0.138. The van der Waals surface area contributed by atoms with Gasteiger partial charge in [-0.25, -0.2) is 0 Å². The summed E-state index contributed by atoms with van der Waals surface area (Å²) in [6, 6.07) is 0.634. The molecular formula is C10H12N2O4. The highest BCUT2D eigenvalue weighted by atomic mass is 16.5. The Bertz CT molecular complexity index is 422. The molecule has 0 radical (unpaired) electrons. The summed E-state index contributed by atoms with van der Waals surface area (Å²) in [4.78, 5) is 22.0. The van der Waals surface area contributed by atoms with Crippen molar-refractivity contribution in [2.45, 2.75) is 31.7 Å². The SMILES string of the molecule is C[C@H](NC(=O)c1cc(C2CC2)on1)C(=O)O. The molecule has 0 unspecified atom stereocenters. The number of nitrogens with one attached hydrogen (secondary N) is 1. The van der Waals surface area contributed by atoms with E-state index in [0.717, 1.165) is 12.8 Å². The largest absolute Gasteiger partial charge is 0.480 e. The number of aliphatic carboxylic acids is 1. The highest BCUT2D eigenvalue weighted by molar-refractivity contribution is 5.94. The van der Waals surface area contributed by atoms with Gasteiger partial charge in [0.2, 0.25) is 0 Å². The van der Waals surface area contributed by atoms with E-state index in [0.29, 0.717) is 11.7 Å². The number of carboxylic acid groups (broad SMARTS) is 1. The lowest BCUT2D eigenvalue weighted by Gasteiger charge is -2.06. The molecule has 1 aromatic heterocycles. The molecule has 1 aromatic rings. The van der Waals surface area contributed by atoms with Gasteiger partial charge >= 0.3 is 5.97 Å². The molecule has 0 aromatic carbocycles. The predicted octanol–water partition coefficient (Wildman–Crippen LogP) is 0.755. The average molecular weight is 224 g/mol. The van der Waals surface area contributed by atoms with Crippen LogP contribution in [0.4, 0.5) is 0 Å². The van der Waals surface area contributed by atoms with E-state index in [1.165, 1.54) is 6.92 Å². The normalized spacial score (nSPS) is 16.8. The van der Waals surface area contributed by atoms with E-state index >= 15 is 0 Å². The number of rotatable bonds is 4. The van der Waals surface area contributed by atoms with Gasteiger partial charge in [-0.2, -0.15) is 0 Å². The molecule has 1 aliphatic rings. The fourth-order valence-electron chi connectivity index (χ4n) is 1.29. The number of amides is 1. The molecule has 2 N–H and O–H groups in total. The molecule has 16 heavy (non-hydrogen) atoms. The van der Waals surface area contributed by atoms with Gasteiger partial charge in [-0.05, 0) is 19.8 Å². The van der Waals surface area contributed by atoms with E-state index in [-0.39, 0.29) is 5.69 Å². The number of hydrogen-bond acceptors (Lipinski definition) is 4. The number of nitrogens with zero attached hydrogens (tertiary/aromatic N) is 1. The van der Waals surface area contributed by atoms with Crippen LogP contribution in [-0.4, -0.2) is 28.2 Å². The predicted molar refractivity (Wildman–Crippen MR) is 53.0 cm³/mol. The molecule has 0 bridgehead atoms. The van der Waals surface area contributed by atoms with Crippen molar-refractivity contribution >= 4 is 11.9 Å². The molecule has 1 aliphatic carbocycles. The van der Waals surface area contributed by atoms with Crippen LogP contribution in [0, 0.1) is 0 Å². The Morgan fingerprint density at radius 1 is 1.62 bits per heavy atom. The molecule has 6 heteroatoms. The molecule has 86 valence electrons. The van der Waals surface area contributed by atoms with Crippen LogP contribution in [0.25, 0.3) is 0 Å². The van der Waals surface area contributed by atoms with Crippen molar-refractivity contribution in [1.29, 1.82) is 0 Å². The molecule has 1 atom stereocenters. The number of hydrogen-bond donors (Lipinski definition) is 2. The van der Waals surface area contributed by atoms with Gasteiger partial charge < -0.3 is 14.9 Å². The first-order valence-electron chi connectivity index (χ1n) is 5.08. The maximum atomic E-state index is 11.5. The lowest BCUT2D eigenvalue weighted by Crippen LogP contribution is -2.38. The highest BCUT2D eigenvalue weighted by Crippen LogP contribution is 2.40. The van der Waals surface area contributed by atoms with Crippen LogP contribution >= 0.6 is 0 Å². The minimum absolute atomic E-state index is 0.134. The third-order valence-electron chi connectivity index (χ3n) is 2.46. The molecular weight excluding hydrogens is 212 g/mol. The van der Waals surface area contributed by atoms with Gasteiger partial charge in [0.05, 0.1) is 0 Å². The van der Waals surface area contributed by atoms with Crippen LogP contribution in [0.2, 0.25) is 0 Å². The number of carbonyl (C=O) groups is 2. The van der Waals surface area contributed by atoms with Gasteiger partial charge in [0.1, 0.15) is 11.8 Å². The van der Waals surface area contributed by atoms with Gasteiger partial charge in [-0.1, -0.05) is 5.16 Å². The Morgan fingerprint density at radius 3 is 2.88 bits per heavy atom. The summed E-state index contributed by atoms with van der Waals surface area (Å²) in [5, 5.41) is 14.5. The van der Waals surface area contributed by atoms with Crippen LogP contribution in [0.15, 0.2) is 10.6 Å². The van der Waals surface area contributed by atoms with Gasteiger partial charge in [0.15, 0.2) is 5.69 Å². The standard InChI is InChI=1S/C10H12N2O4/c1-5(10(14)15)11-9(13)7-4-8(16-12-7)6-2-3-6/h4-6H,2-3H2,1H3,(H,11,13)(H,14,15)/t5-/m0/s1. The van der Waals surface area contributed by atoms with Crippen molar-refractivity contribution in [3.05, 3.63) is 17.5 Å². The fraction of sp³-hybridized carbons (Fsp3) is 0.500. The molecule has 1 fully saturated rings. The van der Waals surface area contributed by atoms with Crippen molar-refractivity contribution in [3.8, 4) is 0 Å². The Labute approximate surface area is 91.6 Å². The molecule has 0 saturated heterocycles. The molecule has 0 spiro atoms. The van der Waals surface area contributed by atoms with E-state index in [2.05, 4.69) is 10.5 Å². The second kappa shape index (κ2) is 3.96. The first-order valence-corrected chi connectivity index (χ1v) is 5.08. The van der Waals surface area contributed by atoms with Gasteiger partial charge in [0.25, 0.3) is 5.91 Å². The van der Waals surface area contributed by atoms with E-state index in [1.807, 2.05) is 0 Å².